The molecule has 0 radical (unpaired) electrons. The van der Waals surface area contributed by atoms with Crippen LogP contribution in [0.3, 0.4) is 0 Å². The zero-order valence-corrected chi connectivity index (χ0v) is 15.7. The van der Waals surface area contributed by atoms with Crippen LogP contribution in [0.25, 0.3) is 0 Å². The molecule has 0 aromatic heterocycles. The quantitative estimate of drug-likeness (QED) is 0.538. The Hall–Kier alpha value is -2.48. The number of carbonyl (C=O) groups excluding carboxylic acids is 2. The number of nitrogens with two attached hydrogens (primary N) is 1. The number of methoxy groups -OCH3 is 2. The molecule has 8 nitrogen and oxygen atoms in total. The first-order valence-electron chi connectivity index (χ1n) is 8.45. The predicted molar refractivity (Wildman–Crippen MR) is 96.6 cm³/mol. The highest BCUT2D eigenvalue weighted by Gasteiger charge is 2.20. The van der Waals surface area contributed by atoms with Gasteiger partial charge in [-0.15, -0.1) is 0 Å². The van der Waals surface area contributed by atoms with Gasteiger partial charge in [0.25, 0.3) is 11.8 Å². The number of primary amides is 1. The van der Waals surface area contributed by atoms with Gasteiger partial charge in [0, 0.05) is 18.2 Å². The van der Waals surface area contributed by atoms with Crippen LogP contribution >= 0.6 is 0 Å². The molecule has 1 aromatic carbocycles. The number of hydrogen-bond acceptors (Lipinski definition) is 6. The van der Waals surface area contributed by atoms with E-state index in [1.807, 2.05) is 13.8 Å². The van der Waals surface area contributed by atoms with Gasteiger partial charge in [-0.05, 0) is 30.9 Å². The first-order chi connectivity index (χ1) is 12.4. The van der Waals surface area contributed by atoms with Crippen LogP contribution in [-0.2, 0) is 4.79 Å². The lowest BCUT2D eigenvalue weighted by Gasteiger charge is -2.21. The van der Waals surface area contributed by atoms with Gasteiger partial charge in [0.2, 0.25) is 5.75 Å². The summed E-state index contributed by atoms with van der Waals surface area (Å²) in [4.78, 5) is 23.5. The molecule has 146 valence electrons. The van der Waals surface area contributed by atoms with E-state index in [9.17, 15) is 14.7 Å². The van der Waals surface area contributed by atoms with Crippen LogP contribution < -0.4 is 25.3 Å². The van der Waals surface area contributed by atoms with Gasteiger partial charge in [0.15, 0.2) is 18.1 Å². The lowest BCUT2D eigenvalue weighted by molar-refractivity contribution is -0.120. The van der Waals surface area contributed by atoms with Crippen molar-refractivity contribution in [1.29, 1.82) is 0 Å². The monoisotopic (exact) mass is 368 g/mol. The zero-order chi connectivity index (χ0) is 19.7. The molecule has 0 saturated heterocycles. The molecule has 0 fully saturated rings. The molecule has 1 aromatic rings. The van der Waals surface area contributed by atoms with E-state index in [1.54, 1.807) is 0 Å². The number of ether oxygens (including phenoxy) is 3. The molecule has 0 bridgehead atoms. The Kier molecular flexibility index (Phi) is 8.71. The first-order valence-corrected chi connectivity index (χ1v) is 8.45. The Morgan fingerprint density at radius 2 is 1.81 bits per heavy atom. The Morgan fingerprint density at radius 3 is 2.23 bits per heavy atom. The van der Waals surface area contributed by atoms with Gasteiger partial charge in [0.1, 0.15) is 0 Å². The average Bonchev–Trinajstić information content (AvgIpc) is 2.64. The van der Waals surface area contributed by atoms with E-state index in [1.165, 1.54) is 26.4 Å². The average molecular weight is 368 g/mol. The summed E-state index contributed by atoms with van der Waals surface area (Å²) in [7, 11) is 2.84. The van der Waals surface area contributed by atoms with Crippen molar-refractivity contribution in [3.05, 3.63) is 17.7 Å². The van der Waals surface area contributed by atoms with E-state index >= 15 is 0 Å². The summed E-state index contributed by atoms with van der Waals surface area (Å²) in [5.41, 5.74) is 5.43. The summed E-state index contributed by atoms with van der Waals surface area (Å²) in [5.74, 6) is -0.125. The van der Waals surface area contributed by atoms with Crippen molar-refractivity contribution >= 4 is 11.8 Å². The molecule has 4 N–H and O–H groups in total. The van der Waals surface area contributed by atoms with Crippen LogP contribution in [0.15, 0.2) is 12.1 Å². The van der Waals surface area contributed by atoms with Crippen molar-refractivity contribution in [3.63, 3.8) is 0 Å². The third-order valence-corrected chi connectivity index (χ3v) is 3.91. The van der Waals surface area contributed by atoms with Crippen molar-refractivity contribution in [2.75, 3.05) is 27.4 Å². The molecule has 0 aliphatic heterocycles. The smallest absolute Gasteiger partial charge is 0.255 e. The summed E-state index contributed by atoms with van der Waals surface area (Å²) in [6, 6.07) is 2.96. The fraction of sp³-hybridized carbons (Fsp3) is 0.556. The van der Waals surface area contributed by atoms with Gasteiger partial charge >= 0.3 is 0 Å². The first kappa shape index (κ1) is 21.6. The summed E-state index contributed by atoms with van der Waals surface area (Å²) in [5, 5.41) is 12.1. The summed E-state index contributed by atoms with van der Waals surface area (Å²) < 4.78 is 15.8. The Balaban J connectivity index is 3.04. The summed E-state index contributed by atoms with van der Waals surface area (Å²) in [6.45, 7) is 3.62. The lowest BCUT2D eigenvalue weighted by atomic mass is 10.0. The van der Waals surface area contributed by atoms with Gasteiger partial charge < -0.3 is 30.4 Å². The molecule has 0 heterocycles. The maximum atomic E-state index is 12.6. The number of carbonyl (C=O) groups is 2. The fourth-order valence-electron chi connectivity index (χ4n) is 2.45. The molecule has 0 aliphatic carbocycles. The van der Waals surface area contributed by atoms with Crippen LogP contribution in [0.5, 0.6) is 17.2 Å². The third-order valence-electron chi connectivity index (χ3n) is 3.91. The SMILES string of the molecule is CCC(CC(C)CO)NC(=O)c1cc(OC)c(OCC(N)=O)c(OC)c1. The lowest BCUT2D eigenvalue weighted by Crippen LogP contribution is -2.36. The van der Waals surface area contributed by atoms with E-state index in [0.29, 0.717) is 12.0 Å². The van der Waals surface area contributed by atoms with E-state index < -0.39 is 5.91 Å². The Labute approximate surface area is 153 Å². The second-order valence-electron chi connectivity index (χ2n) is 6.07. The molecular weight excluding hydrogens is 340 g/mol. The highest BCUT2D eigenvalue weighted by Crippen LogP contribution is 2.38. The van der Waals surface area contributed by atoms with Crippen LogP contribution in [0.4, 0.5) is 0 Å². The number of rotatable bonds is 11. The summed E-state index contributed by atoms with van der Waals surface area (Å²) >= 11 is 0. The minimum absolute atomic E-state index is 0.0626. The Bertz CT molecular complexity index is 595. The van der Waals surface area contributed by atoms with Crippen LogP contribution in [-0.4, -0.2) is 50.4 Å². The maximum absolute atomic E-state index is 12.6. The largest absolute Gasteiger partial charge is 0.493 e. The fourth-order valence-corrected chi connectivity index (χ4v) is 2.45. The maximum Gasteiger partial charge on any atom is 0.255 e. The molecule has 2 amide bonds. The van der Waals surface area contributed by atoms with Crippen molar-refractivity contribution in [2.45, 2.75) is 32.7 Å². The van der Waals surface area contributed by atoms with Gasteiger partial charge in [-0.1, -0.05) is 13.8 Å². The second-order valence-corrected chi connectivity index (χ2v) is 6.07. The molecule has 2 atom stereocenters. The third kappa shape index (κ3) is 6.11. The normalized spacial score (nSPS) is 12.8. The van der Waals surface area contributed by atoms with Crippen molar-refractivity contribution in [3.8, 4) is 17.2 Å². The highest BCUT2D eigenvalue weighted by atomic mass is 16.5. The van der Waals surface area contributed by atoms with E-state index in [4.69, 9.17) is 19.9 Å². The Morgan fingerprint density at radius 1 is 1.23 bits per heavy atom. The van der Waals surface area contributed by atoms with Gasteiger partial charge in [-0.2, -0.15) is 0 Å². The molecule has 0 spiro atoms. The molecule has 8 heteroatoms. The highest BCUT2D eigenvalue weighted by molar-refractivity contribution is 5.95. The number of aliphatic hydroxyl groups excluding tert-OH is 1. The topological polar surface area (TPSA) is 120 Å². The van der Waals surface area contributed by atoms with Gasteiger partial charge in [-0.25, -0.2) is 0 Å². The van der Waals surface area contributed by atoms with E-state index in [0.717, 1.165) is 6.42 Å². The number of benzene rings is 1. The molecule has 2 unspecified atom stereocenters. The van der Waals surface area contributed by atoms with Crippen molar-refractivity contribution in [2.24, 2.45) is 11.7 Å². The number of nitrogens with one attached hydrogen (secondary N) is 1. The molecule has 26 heavy (non-hydrogen) atoms. The van der Waals surface area contributed by atoms with Crippen molar-refractivity contribution in [1.82, 2.24) is 5.32 Å². The minimum Gasteiger partial charge on any atom is -0.493 e. The molecule has 0 aliphatic rings. The van der Waals surface area contributed by atoms with Gasteiger partial charge in [-0.3, -0.25) is 9.59 Å². The zero-order valence-electron chi connectivity index (χ0n) is 15.7. The molecule has 0 saturated carbocycles. The van der Waals surface area contributed by atoms with Crippen LogP contribution in [0.2, 0.25) is 0 Å². The number of aliphatic hydroxyl groups is 1. The van der Waals surface area contributed by atoms with Crippen molar-refractivity contribution < 1.29 is 28.9 Å². The van der Waals surface area contributed by atoms with Crippen LogP contribution in [0, 0.1) is 5.92 Å². The van der Waals surface area contributed by atoms with Crippen LogP contribution in [0.1, 0.15) is 37.0 Å². The molecular formula is C18H28N2O6. The summed E-state index contributed by atoms with van der Waals surface area (Å²) in [6.07, 6.45) is 1.41. The number of amides is 2. The second kappa shape index (κ2) is 10.5. The number of hydrogen-bond donors (Lipinski definition) is 3. The standard InChI is InChI=1S/C18H28N2O6/c1-5-13(6-11(2)9-21)20-18(23)12-7-14(24-3)17(15(8-12)25-4)26-10-16(19)22/h7-8,11,13,21H,5-6,9-10H2,1-4H3,(H2,19,22)(H,20,23). The van der Waals surface area contributed by atoms with Gasteiger partial charge in [0.05, 0.1) is 14.2 Å². The predicted octanol–water partition coefficient (Wildman–Crippen LogP) is 1.09. The van der Waals surface area contributed by atoms with E-state index in [2.05, 4.69) is 5.32 Å². The minimum atomic E-state index is -0.639. The van der Waals surface area contributed by atoms with E-state index in [-0.39, 0.29) is 48.3 Å². The molecule has 1 rings (SSSR count).